The van der Waals surface area contributed by atoms with Crippen LogP contribution in [0, 0.1) is 0 Å². The van der Waals surface area contributed by atoms with E-state index in [1.54, 1.807) is 0 Å². The number of para-hydroxylation sites is 1. The van der Waals surface area contributed by atoms with E-state index in [2.05, 4.69) is 176 Å². The van der Waals surface area contributed by atoms with Crippen molar-refractivity contribution >= 4 is 21.8 Å². The smallest absolute Gasteiger partial charge is 0.164 e. The third kappa shape index (κ3) is 5.41. The minimum Gasteiger partial charge on any atom is -0.309 e. The summed E-state index contributed by atoms with van der Waals surface area (Å²) in [6.07, 6.45) is 0. The molecule has 0 saturated heterocycles. The molecule has 0 fully saturated rings. The van der Waals surface area contributed by atoms with Crippen molar-refractivity contribution in [3.8, 4) is 73.2 Å². The fourth-order valence-electron chi connectivity index (χ4n) is 9.15. The minimum absolute atomic E-state index is 0.0842. The first-order chi connectivity index (χ1) is 28.5. The first kappa shape index (κ1) is 33.9. The van der Waals surface area contributed by atoms with Gasteiger partial charge in [0.1, 0.15) is 0 Å². The normalized spacial score (nSPS) is 12.8. The van der Waals surface area contributed by atoms with E-state index in [4.69, 9.17) is 15.0 Å². The highest BCUT2D eigenvalue weighted by Crippen LogP contribution is 2.52. The predicted octanol–water partition coefficient (Wildman–Crippen LogP) is 13.6. The van der Waals surface area contributed by atoms with Crippen LogP contribution in [0.3, 0.4) is 0 Å². The van der Waals surface area contributed by atoms with E-state index in [1.807, 2.05) is 36.4 Å². The second kappa shape index (κ2) is 13.4. The van der Waals surface area contributed by atoms with Crippen molar-refractivity contribution in [2.45, 2.75) is 19.3 Å². The van der Waals surface area contributed by atoms with Crippen molar-refractivity contribution in [3.05, 3.63) is 205 Å². The molecule has 0 atom stereocenters. The van der Waals surface area contributed by atoms with Crippen LogP contribution < -0.4 is 0 Å². The Balaban J connectivity index is 1.09. The summed E-state index contributed by atoms with van der Waals surface area (Å²) < 4.78 is 2.36. The molecular weight excluding hydrogens is 705 g/mol. The SMILES string of the molecule is CC1(C)c2ccccc2-c2cccc(-c3ccc(-c4ccc5c(c4)c4c(-c6nc(-c7ccccc7)nc(-c7ccccc7)n6)cccc4n5-c4ccccc4)cc3)c21. The largest absolute Gasteiger partial charge is 0.309 e. The molecule has 2 heterocycles. The van der Waals surface area contributed by atoms with Crippen LogP contribution in [-0.4, -0.2) is 19.5 Å². The van der Waals surface area contributed by atoms with Gasteiger partial charge in [0.25, 0.3) is 0 Å². The van der Waals surface area contributed by atoms with E-state index in [0.717, 1.165) is 55.3 Å². The zero-order chi connectivity index (χ0) is 38.8. The summed E-state index contributed by atoms with van der Waals surface area (Å²) in [5.74, 6) is 1.93. The van der Waals surface area contributed by atoms with Gasteiger partial charge in [-0.05, 0) is 74.8 Å². The predicted molar refractivity (Wildman–Crippen MR) is 239 cm³/mol. The van der Waals surface area contributed by atoms with Crippen molar-refractivity contribution < 1.29 is 0 Å². The Labute approximate surface area is 337 Å². The molecule has 1 aliphatic carbocycles. The van der Waals surface area contributed by atoms with Crippen LogP contribution in [0.4, 0.5) is 0 Å². The van der Waals surface area contributed by atoms with Crippen LogP contribution in [0.2, 0.25) is 0 Å². The van der Waals surface area contributed by atoms with Gasteiger partial charge in [-0.1, -0.05) is 178 Å². The maximum absolute atomic E-state index is 5.17. The third-order valence-corrected chi connectivity index (χ3v) is 11.9. The molecule has 0 N–H and O–H groups in total. The van der Waals surface area contributed by atoms with Crippen LogP contribution >= 0.6 is 0 Å². The molecule has 2 aromatic heterocycles. The second-order valence-electron chi connectivity index (χ2n) is 15.6. The Morgan fingerprint density at radius 2 is 0.914 bits per heavy atom. The summed E-state index contributed by atoms with van der Waals surface area (Å²) in [4.78, 5) is 15.3. The standard InChI is InChI=1S/C54H38N4/c1-54(2)46-26-13-12-22-42(46)43-24-14-23-41(50(43)54)36-30-28-35(29-31-36)39-32-33-47-45(34-39)49-44(25-15-27-48(49)58(47)40-20-10-5-11-21-40)53-56-51(37-16-6-3-7-17-37)55-52(57-53)38-18-8-4-9-19-38/h3-34H,1-2H3. The molecule has 10 aromatic rings. The van der Waals surface area contributed by atoms with Crippen LogP contribution in [-0.2, 0) is 5.41 Å². The summed E-state index contributed by atoms with van der Waals surface area (Å²) in [5.41, 5.74) is 16.4. The molecule has 1 aliphatic rings. The molecule has 274 valence electrons. The summed E-state index contributed by atoms with van der Waals surface area (Å²) in [6.45, 7) is 4.71. The first-order valence-electron chi connectivity index (χ1n) is 19.9. The number of rotatable bonds is 6. The van der Waals surface area contributed by atoms with E-state index in [9.17, 15) is 0 Å². The quantitative estimate of drug-likeness (QED) is 0.170. The average molecular weight is 743 g/mol. The average Bonchev–Trinajstić information content (AvgIpc) is 3.75. The number of benzene rings is 8. The molecule has 0 bridgehead atoms. The third-order valence-electron chi connectivity index (χ3n) is 11.9. The van der Waals surface area contributed by atoms with Gasteiger partial charge in [-0.25, -0.2) is 15.0 Å². The molecule has 0 saturated carbocycles. The van der Waals surface area contributed by atoms with Gasteiger partial charge in [-0.3, -0.25) is 0 Å². The number of nitrogens with zero attached hydrogens (tertiary/aromatic N) is 4. The number of hydrogen-bond acceptors (Lipinski definition) is 3. The minimum atomic E-state index is -0.0842. The highest BCUT2D eigenvalue weighted by molar-refractivity contribution is 6.16. The van der Waals surface area contributed by atoms with E-state index in [1.165, 1.54) is 33.4 Å². The van der Waals surface area contributed by atoms with E-state index < -0.39 is 0 Å². The van der Waals surface area contributed by atoms with Gasteiger partial charge in [0.2, 0.25) is 0 Å². The highest BCUT2D eigenvalue weighted by atomic mass is 15.0. The molecule has 11 rings (SSSR count). The van der Waals surface area contributed by atoms with Crippen LogP contribution in [0.1, 0.15) is 25.0 Å². The summed E-state index contributed by atoms with van der Waals surface area (Å²) in [7, 11) is 0. The molecule has 58 heavy (non-hydrogen) atoms. The summed E-state index contributed by atoms with van der Waals surface area (Å²) in [6, 6.07) is 69.0. The van der Waals surface area contributed by atoms with Gasteiger partial charge in [0, 0.05) is 38.6 Å². The van der Waals surface area contributed by atoms with Gasteiger partial charge >= 0.3 is 0 Å². The van der Waals surface area contributed by atoms with E-state index in [0.29, 0.717) is 17.5 Å². The molecule has 4 heteroatoms. The van der Waals surface area contributed by atoms with Crippen molar-refractivity contribution in [2.24, 2.45) is 0 Å². The molecule has 4 nitrogen and oxygen atoms in total. The first-order valence-corrected chi connectivity index (χ1v) is 19.9. The lowest BCUT2D eigenvalue weighted by Gasteiger charge is -2.24. The number of aromatic nitrogens is 4. The Kier molecular flexibility index (Phi) is 7.80. The zero-order valence-electron chi connectivity index (χ0n) is 32.3. The van der Waals surface area contributed by atoms with Crippen LogP contribution in [0.25, 0.3) is 95.0 Å². The van der Waals surface area contributed by atoms with Crippen LogP contribution in [0.15, 0.2) is 194 Å². The second-order valence-corrected chi connectivity index (χ2v) is 15.6. The van der Waals surface area contributed by atoms with Gasteiger partial charge in [-0.2, -0.15) is 0 Å². The van der Waals surface area contributed by atoms with E-state index >= 15 is 0 Å². The molecular formula is C54H38N4. The highest BCUT2D eigenvalue weighted by Gasteiger charge is 2.37. The fraction of sp³-hybridized carbons (Fsp3) is 0.0556. The van der Waals surface area contributed by atoms with Crippen molar-refractivity contribution in [1.29, 1.82) is 0 Å². The van der Waals surface area contributed by atoms with Crippen molar-refractivity contribution in [2.75, 3.05) is 0 Å². The lowest BCUT2D eigenvalue weighted by molar-refractivity contribution is 0.662. The Hall–Kier alpha value is -7.43. The molecule has 0 unspecified atom stereocenters. The topological polar surface area (TPSA) is 43.6 Å². The zero-order valence-corrected chi connectivity index (χ0v) is 32.3. The molecule has 0 spiro atoms. The Bertz CT molecular complexity index is 3110. The molecule has 0 aliphatic heterocycles. The maximum atomic E-state index is 5.17. The maximum Gasteiger partial charge on any atom is 0.164 e. The van der Waals surface area contributed by atoms with Crippen molar-refractivity contribution in [3.63, 3.8) is 0 Å². The number of hydrogen-bond donors (Lipinski definition) is 0. The number of fused-ring (bicyclic) bond motifs is 6. The fourth-order valence-corrected chi connectivity index (χ4v) is 9.15. The monoisotopic (exact) mass is 742 g/mol. The molecule has 8 aromatic carbocycles. The van der Waals surface area contributed by atoms with E-state index in [-0.39, 0.29) is 5.41 Å². The van der Waals surface area contributed by atoms with Gasteiger partial charge < -0.3 is 4.57 Å². The van der Waals surface area contributed by atoms with Crippen LogP contribution in [0.5, 0.6) is 0 Å². The van der Waals surface area contributed by atoms with Gasteiger partial charge in [0.05, 0.1) is 11.0 Å². The van der Waals surface area contributed by atoms with Gasteiger partial charge in [0.15, 0.2) is 17.5 Å². The Morgan fingerprint density at radius 1 is 0.379 bits per heavy atom. The Morgan fingerprint density at radius 3 is 1.62 bits per heavy atom. The molecule has 0 amide bonds. The van der Waals surface area contributed by atoms with Gasteiger partial charge in [-0.15, -0.1) is 0 Å². The lowest BCUT2D eigenvalue weighted by Crippen LogP contribution is -2.16. The lowest BCUT2D eigenvalue weighted by atomic mass is 9.79. The summed E-state index contributed by atoms with van der Waals surface area (Å²) >= 11 is 0. The van der Waals surface area contributed by atoms with Crippen molar-refractivity contribution in [1.82, 2.24) is 19.5 Å². The summed E-state index contributed by atoms with van der Waals surface area (Å²) in [5, 5.41) is 2.24. The molecule has 0 radical (unpaired) electrons.